The molecule has 1 amide bonds. The van der Waals surface area contributed by atoms with Gasteiger partial charge >= 0.3 is 0 Å². The molecular formula is C21H27N7O. The first-order valence-electron chi connectivity index (χ1n) is 9.98. The van der Waals surface area contributed by atoms with E-state index in [0.29, 0.717) is 24.7 Å². The summed E-state index contributed by atoms with van der Waals surface area (Å²) in [6.07, 6.45) is 3.60. The lowest BCUT2D eigenvalue weighted by molar-refractivity contribution is 0.0779. The number of rotatable bonds is 5. The first kappa shape index (κ1) is 19.3. The third-order valence-electron chi connectivity index (χ3n) is 5.58. The molecule has 8 nitrogen and oxygen atoms in total. The molecule has 0 radical (unpaired) electrons. The van der Waals surface area contributed by atoms with Gasteiger partial charge in [-0.25, -0.2) is 9.97 Å². The summed E-state index contributed by atoms with van der Waals surface area (Å²) >= 11 is 0. The quantitative estimate of drug-likeness (QED) is 0.835. The summed E-state index contributed by atoms with van der Waals surface area (Å²) in [4.78, 5) is 25.6. The van der Waals surface area contributed by atoms with Crippen LogP contribution in [-0.2, 0) is 6.54 Å². The van der Waals surface area contributed by atoms with Gasteiger partial charge in [0.15, 0.2) is 0 Å². The number of hydrazone groups is 1. The van der Waals surface area contributed by atoms with Gasteiger partial charge in [0.25, 0.3) is 5.91 Å². The van der Waals surface area contributed by atoms with Crippen LogP contribution in [0.1, 0.15) is 35.9 Å². The summed E-state index contributed by atoms with van der Waals surface area (Å²) < 4.78 is 0. The van der Waals surface area contributed by atoms with Gasteiger partial charge < -0.3 is 10.6 Å². The molecule has 1 saturated heterocycles. The molecule has 1 atom stereocenters. The second-order valence-electron chi connectivity index (χ2n) is 7.76. The van der Waals surface area contributed by atoms with E-state index in [9.17, 15) is 4.79 Å². The van der Waals surface area contributed by atoms with Crippen LogP contribution >= 0.6 is 0 Å². The average Bonchev–Trinajstić information content (AvgIpc) is 3.37. The maximum absolute atomic E-state index is 12.9. The van der Waals surface area contributed by atoms with E-state index in [0.717, 1.165) is 42.9 Å². The van der Waals surface area contributed by atoms with Gasteiger partial charge in [0.05, 0.1) is 12.2 Å². The predicted octanol–water partition coefficient (Wildman–Crippen LogP) is 1.99. The van der Waals surface area contributed by atoms with Crippen molar-refractivity contribution in [3.8, 4) is 0 Å². The van der Waals surface area contributed by atoms with Gasteiger partial charge in [0.2, 0.25) is 0 Å². The molecule has 0 bridgehead atoms. The van der Waals surface area contributed by atoms with Crippen molar-refractivity contribution in [3.63, 3.8) is 0 Å². The zero-order chi connectivity index (χ0) is 20.4. The number of nitrogens with two attached hydrogens (primary N) is 1. The number of nitrogen functional groups attached to an aromatic ring is 1. The van der Waals surface area contributed by atoms with Crippen molar-refractivity contribution in [2.24, 2.45) is 5.10 Å². The second-order valence-corrected chi connectivity index (χ2v) is 7.76. The van der Waals surface area contributed by atoms with Crippen molar-refractivity contribution in [2.45, 2.75) is 32.4 Å². The number of likely N-dealkylation sites (tertiary alicyclic amines) is 1. The minimum absolute atomic E-state index is 0.0776. The van der Waals surface area contributed by atoms with E-state index in [1.165, 1.54) is 0 Å². The van der Waals surface area contributed by atoms with E-state index in [-0.39, 0.29) is 11.9 Å². The fraction of sp³-hybridized carbons (Fsp3) is 0.429. The molecule has 0 spiro atoms. The van der Waals surface area contributed by atoms with Crippen LogP contribution in [0.3, 0.4) is 0 Å². The summed E-state index contributed by atoms with van der Waals surface area (Å²) in [6.45, 7) is 5.01. The lowest BCUT2D eigenvalue weighted by Gasteiger charge is -2.24. The van der Waals surface area contributed by atoms with E-state index in [1.807, 2.05) is 48.1 Å². The van der Waals surface area contributed by atoms with Crippen LogP contribution in [0.15, 0.2) is 41.6 Å². The molecular weight excluding hydrogens is 366 g/mol. The second kappa shape index (κ2) is 8.16. The molecule has 2 N–H and O–H groups in total. The molecule has 0 unspecified atom stereocenters. The highest BCUT2D eigenvalue weighted by Crippen LogP contribution is 2.22. The molecule has 3 heterocycles. The largest absolute Gasteiger partial charge is 0.384 e. The first-order chi connectivity index (χ1) is 14.0. The van der Waals surface area contributed by atoms with Crippen LogP contribution in [0.5, 0.6) is 0 Å². The Morgan fingerprint density at radius 1 is 1.24 bits per heavy atom. The van der Waals surface area contributed by atoms with Gasteiger partial charge in [-0.15, -0.1) is 0 Å². The number of amides is 1. The molecule has 2 aliphatic heterocycles. The van der Waals surface area contributed by atoms with E-state index < -0.39 is 0 Å². The molecule has 2 aromatic rings. The fourth-order valence-corrected chi connectivity index (χ4v) is 3.85. The molecule has 4 rings (SSSR count). The highest BCUT2D eigenvalue weighted by atomic mass is 16.2. The van der Waals surface area contributed by atoms with Crippen LogP contribution in [0.4, 0.5) is 11.5 Å². The normalized spacial score (nSPS) is 19.1. The maximum atomic E-state index is 12.9. The highest BCUT2D eigenvalue weighted by molar-refractivity contribution is 5.95. The third kappa shape index (κ3) is 4.37. The Labute approximate surface area is 171 Å². The highest BCUT2D eigenvalue weighted by Gasteiger charge is 2.29. The molecule has 0 aliphatic carbocycles. The summed E-state index contributed by atoms with van der Waals surface area (Å²) in [5, 5.41) is 6.50. The Morgan fingerprint density at radius 3 is 2.72 bits per heavy atom. The third-order valence-corrected chi connectivity index (χ3v) is 5.58. The average molecular weight is 393 g/mol. The van der Waals surface area contributed by atoms with Crippen molar-refractivity contribution in [2.75, 3.05) is 37.4 Å². The number of carbonyl (C=O) groups excluding carboxylic acids is 1. The van der Waals surface area contributed by atoms with Gasteiger partial charge in [-0.1, -0.05) is 0 Å². The predicted molar refractivity (Wildman–Crippen MR) is 114 cm³/mol. The summed E-state index contributed by atoms with van der Waals surface area (Å²) in [5.74, 6) is 1.26. The van der Waals surface area contributed by atoms with Gasteiger partial charge in [-0.2, -0.15) is 5.10 Å². The van der Waals surface area contributed by atoms with Crippen molar-refractivity contribution >= 4 is 23.1 Å². The Bertz CT molecular complexity index is 912. The molecule has 2 aliphatic rings. The Hall–Kier alpha value is -3.00. The molecule has 152 valence electrons. The van der Waals surface area contributed by atoms with Gasteiger partial charge in [-0.05, 0) is 50.7 Å². The van der Waals surface area contributed by atoms with Crippen LogP contribution < -0.4 is 10.7 Å². The lowest BCUT2D eigenvalue weighted by atomic mass is 10.1. The van der Waals surface area contributed by atoms with Crippen LogP contribution in [0.2, 0.25) is 0 Å². The molecule has 1 aromatic carbocycles. The lowest BCUT2D eigenvalue weighted by Crippen LogP contribution is -2.36. The number of anilines is 2. The van der Waals surface area contributed by atoms with E-state index in [1.54, 1.807) is 12.3 Å². The molecule has 8 heteroatoms. The van der Waals surface area contributed by atoms with E-state index in [4.69, 9.17) is 5.73 Å². The van der Waals surface area contributed by atoms with Crippen molar-refractivity contribution < 1.29 is 4.79 Å². The zero-order valence-electron chi connectivity index (χ0n) is 17.0. The van der Waals surface area contributed by atoms with Crippen molar-refractivity contribution in [3.05, 3.63) is 47.9 Å². The van der Waals surface area contributed by atoms with Crippen LogP contribution in [0.25, 0.3) is 0 Å². The standard InChI is InChI=1S/C21H27N7O/c1-15-8-12-28(25-15)17-5-3-16(4-6-17)21(29)27-11-9-18(13-27)26(2)14-20-23-10-7-19(22)24-20/h3-7,10,18H,8-9,11-14H2,1-2H3,(H2,22,23,24)/t18-/m1/s1. The van der Waals surface area contributed by atoms with Crippen molar-refractivity contribution in [1.29, 1.82) is 0 Å². The van der Waals surface area contributed by atoms with Gasteiger partial charge in [-0.3, -0.25) is 14.7 Å². The smallest absolute Gasteiger partial charge is 0.253 e. The summed E-state index contributed by atoms with van der Waals surface area (Å²) in [7, 11) is 2.04. The van der Waals surface area contributed by atoms with Crippen molar-refractivity contribution in [1.82, 2.24) is 19.8 Å². The molecule has 29 heavy (non-hydrogen) atoms. The number of benzene rings is 1. The Morgan fingerprint density at radius 2 is 2.03 bits per heavy atom. The monoisotopic (exact) mass is 393 g/mol. The SMILES string of the molecule is CC1=NN(c2ccc(C(=O)N3CC[C@@H](N(C)Cc4nccc(N)n4)C3)cc2)CC1. The first-order valence-corrected chi connectivity index (χ1v) is 9.98. The maximum Gasteiger partial charge on any atom is 0.253 e. The van der Waals surface area contributed by atoms with Crippen LogP contribution in [-0.4, -0.2) is 64.1 Å². The zero-order valence-corrected chi connectivity index (χ0v) is 17.0. The van der Waals surface area contributed by atoms with Crippen LogP contribution in [0, 0.1) is 0 Å². The minimum atomic E-state index is 0.0776. The van der Waals surface area contributed by atoms with E-state index in [2.05, 4.69) is 20.0 Å². The number of likely N-dealkylation sites (N-methyl/N-ethyl adjacent to an activating group) is 1. The fourth-order valence-electron chi connectivity index (χ4n) is 3.85. The molecule has 1 fully saturated rings. The van der Waals surface area contributed by atoms with Gasteiger partial charge in [0, 0.05) is 49.6 Å². The summed E-state index contributed by atoms with van der Waals surface area (Å²) in [6, 6.07) is 9.72. The summed E-state index contributed by atoms with van der Waals surface area (Å²) in [5.41, 5.74) is 8.62. The number of carbonyl (C=O) groups is 1. The Balaban J connectivity index is 1.35. The van der Waals surface area contributed by atoms with Gasteiger partial charge in [0.1, 0.15) is 11.6 Å². The molecule has 0 saturated carbocycles. The molecule has 1 aromatic heterocycles. The number of nitrogens with zero attached hydrogens (tertiary/aromatic N) is 6. The topological polar surface area (TPSA) is 91.0 Å². The minimum Gasteiger partial charge on any atom is -0.384 e. The number of hydrogen-bond donors (Lipinski definition) is 1. The van der Waals surface area contributed by atoms with E-state index >= 15 is 0 Å². The number of hydrogen-bond acceptors (Lipinski definition) is 7. The Kier molecular flexibility index (Phi) is 5.44. The number of aromatic nitrogens is 2.